The lowest BCUT2D eigenvalue weighted by atomic mass is 9.80. The molecule has 0 aliphatic rings. The fourth-order valence-electron chi connectivity index (χ4n) is 1.68. The summed E-state index contributed by atoms with van der Waals surface area (Å²) < 4.78 is 39.0. The van der Waals surface area contributed by atoms with Crippen molar-refractivity contribution in [1.82, 2.24) is 0 Å². The number of primary amides is 1. The molecule has 0 saturated carbocycles. The molecule has 0 aromatic heterocycles. The SMILES string of the molecule is CC(N)(C(N)=O)C(c1ccc(O)cc1)C(F)(F)F. The van der Waals surface area contributed by atoms with Crippen LogP contribution in [-0.2, 0) is 4.79 Å². The number of phenolic OH excluding ortho intramolecular Hbond substituents is 1. The summed E-state index contributed by atoms with van der Waals surface area (Å²) in [6, 6.07) is 4.29. The van der Waals surface area contributed by atoms with Gasteiger partial charge >= 0.3 is 6.18 Å². The van der Waals surface area contributed by atoms with Crippen molar-refractivity contribution in [3.63, 3.8) is 0 Å². The smallest absolute Gasteiger partial charge is 0.398 e. The minimum absolute atomic E-state index is 0.183. The van der Waals surface area contributed by atoms with Crippen LogP contribution in [0.4, 0.5) is 13.2 Å². The second kappa shape index (κ2) is 4.49. The monoisotopic (exact) mass is 262 g/mol. The van der Waals surface area contributed by atoms with E-state index in [0.717, 1.165) is 31.2 Å². The Balaban J connectivity index is 3.31. The van der Waals surface area contributed by atoms with Crippen LogP contribution in [0, 0.1) is 0 Å². The molecule has 2 unspecified atom stereocenters. The molecule has 0 fully saturated rings. The topological polar surface area (TPSA) is 89.3 Å². The summed E-state index contributed by atoms with van der Waals surface area (Å²) in [5.41, 5.74) is 7.82. The average Bonchev–Trinajstić information content (AvgIpc) is 2.18. The van der Waals surface area contributed by atoms with Crippen molar-refractivity contribution >= 4 is 5.91 Å². The van der Waals surface area contributed by atoms with Gasteiger partial charge in [-0.05, 0) is 24.6 Å². The van der Waals surface area contributed by atoms with Crippen LogP contribution in [-0.4, -0.2) is 22.7 Å². The Morgan fingerprint density at radius 3 is 2.06 bits per heavy atom. The van der Waals surface area contributed by atoms with Crippen molar-refractivity contribution in [2.75, 3.05) is 0 Å². The van der Waals surface area contributed by atoms with Crippen molar-refractivity contribution in [1.29, 1.82) is 0 Å². The number of amides is 1. The normalized spacial score (nSPS) is 16.9. The zero-order valence-electron chi connectivity index (χ0n) is 9.53. The number of nitrogens with two attached hydrogens (primary N) is 2. The maximum Gasteiger partial charge on any atom is 0.398 e. The summed E-state index contributed by atoms with van der Waals surface area (Å²) in [4.78, 5) is 11.1. The molecule has 4 nitrogen and oxygen atoms in total. The number of phenols is 1. The Labute approximate surface area is 101 Å². The number of benzene rings is 1. The lowest BCUT2D eigenvalue weighted by Crippen LogP contribution is -2.57. The van der Waals surface area contributed by atoms with Crippen LogP contribution < -0.4 is 11.5 Å². The molecular weight excluding hydrogens is 249 g/mol. The van der Waals surface area contributed by atoms with Crippen LogP contribution in [0.5, 0.6) is 5.75 Å². The van der Waals surface area contributed by atoms with Gasteiger partial charge in [-0.3, -0.25) is 4.79 Å². The van der Waals surface area contributed by atoms with Gasteiger partial charge in [-0.25, -0.2) is 0 Å². The van der Waals surface area contributed by atoms with Crippen LogP contribution >= 0.6 is 0 Å². The number of alkyl halides is 3. The quantitative estimate of drug-likeness (QED) is 0.765. The van der Waals surface area contributed by atoms with Crippen LogP contribution in [0.25, 0.3) is 0 Å². The molecule has 0 radical (unpaired) electrons. The van der Waals surface area contributed by atoms with E-state index in [-0.39, 0.29) is 11.3 Å². The van der Waals surface area contributed by atoms with Gasteiger partial charge in [0.2, 0.25) is 5.91 Å². The molecule has 0 spiro atoms. The van der Waals surface area contributed by atoms with E-state index in [1.807, 2.05) is 0 Å². The van der Waals surface area contributed by atoms with E-state index >= 15 is 0 Å². The zero-order valence-corrected chi connectivity index (χ0v) is 9.53. The Kier molecular flexibility index (Phi) is 3.57. The molecule has 2 atom stereocenters. The lowest BCUT2D eigenvalue weighted by molar-refractivity contribution is -0.169. The first-order valence-electron chi connectivity index (χ1n) is 5.01. The molecule has 0 saturated heterocycles. The zero-order chi connectivity index (χ0) is 14.1. The molecule has 1 rings (SSSR count). The number of carbonyl (C=O) groups is 1. The summed E-state index contributed by atoms with van der Waals surface area (Å²) in [5.74, 6) is -3.67. The Hall–Kier alpha value is -1.76. The molecule has 18 heavy (non-hydrogen) atoms. The van der Waals surface area contributed by atoms with Crippen LogP contribution in [0.2, 0.25) is 0 Å². The molecule has 100 valence electrons. The van der Waals surface area contributed by atoms with Crippen molar-refractivity contribution in [3.8, 4) is 5.75 Å². The van der Waals surface area contributed by atoms with Gasteiger partial charge in [0.1, 0.15) is 17.2 Å². The fraction of sp³-hybridized carbons (Fsp3) is 0.364. The minimum Gasteiger partial charge on any atom is -0.508 e. The highest BCUT2D eigenvalue weighted by Crippen LogP contribution is 2.41. The molecule has 0 bridgehead atoms. The maximum absolute atomic E-state index is 13.0. The van der Waals surface area contributed by atoms with E-state index in [0.29, 0.717) is 0 Å². The average molecular weight is 262 g/mol. The van der Waals surface area contributed by atoms with E-state index in [1.54, 1.807) is 0 Å². The predicted octanol–water partition coefficient (Wildman–Crippen LogP) is 1.24. The minimum atomic E-state index is -4.73. The summed E-state index contributed by atoms with van der Waals surface area (Å²) >= 11 is 0. The third kappa shape index (κ3) is 2.73. The van der Waals surface area contributed by atoms with Crippen molar-refractivity contribution in [3.05, 3.63) is 29.8 Å². The van der Waals surface area contributed by atoms with E-state index in [9.17, 15) is 18.0 Å². The van der Waals surface area contributed by atoms with E-state index < -0.39 is 23.5 Å². The van der Waals surface area contributed by atoms with Crippen LogP contribution in [0.3, 0.4) is 0 Å². The van der Waals surface area contributed by atoms with E-state index in [4.69, 9.17) is 16.6 Å². The van der Waals surface area contributed by atoms with Crippen molar-refractivity contribution in [2.45, 2.75) is 24.6 Å². The van der Waals surface area contributed by atoms with Gasteiger partial charge in [-0.2, -0.15) is 13.2 Å². The number of rotatable bonds is 3. The second-order valence-corrected chi connectivity index (χ2v) is 4.21. The number of hydrogen-bond acceptors (Lipinski definition) is 3. The molecule has 0 aliphatic carbocycles. The van der Waals surface area contributed by atoms with Gasteiger partial charge in [0.05, 0.1) is 0 Å². The van der Waals surface area contributed by atoms with E-state index in [2.05, 4.69) is 0 Å². The predicted molar refractivity (Wildman–Crippen MR) is 58.7 cm³/mol. The summed E-state index contributed by atoms with van der Waals surface area (Å²) in [7, 11) is 0. The standard InChI is InChI=1S/C11H13F3N2O2/c1-10(16,9(15)18)8(11(12,13)14)6-2-4-7(17)5-3-6/h2-5,8,17H,16H2,1H3,(H2,15,18). The molecule has 1 aromatic carbocycles. The number of aromatic hydroxyl groups is 1. The third-order valence-electron chi connectivity index (χ3n) is 2.68. The van der Waals surface area contributed by atoms with Gasteiger partial charge in [-0.15, -0.1) is 0 Å². The van der Waals surface area contributed by atoms with Crippen molar-refractivity contribution in [2.24, 2.45) is 11.5 Å². The van der Waals surface area contributed by atoms with Gasteiger partial charge < -0.3 is 16.6 Å². The molecule has 0 aliphatic heterocycles. The number of carbonyl (C=O) groups excluding carboxylic acids is 1. The lowest BCUT2D eigenvalue weighted by Gasteiger charge is -2.33. The highest BCUT2D eigenvalue weighted by Gasteiger charge is 2.53. The van der Waals surface area contributed by atoms with E-state index in [1.165, 1.54) is 0 Å². The highest BCUT2D eigenvalue weighted by atomic mass is 19.4. The first-order valence-corrected chi connectivity index (χ1v) is 5.01. The van der Waals surface area contributed by atoms with Crippen LogP contribution in [0.15, 0.2) is 24.3 Å². The summed E-state index contributed by atoms with van der Waals surface area (Å²) in [6.45, 7) is 0.931. The molecule has 0 heterocycles. The molecule has 7 heteroatoms. The van der Waals surface area contributed by atoms with Crippen LogP contribution in [0.1, 0.15) is 18.4 Å². The van der Waals surface area contributed by atoms with Gasteiger partial charge in [-0.1, -0.05) is 12.1 Å². The highest BCUT2D eigenvalue weighted by molar-refractivity contribution is 5.85. The third-order valence-corrected chi connectivity index (χ3v) is 2.68. The molecule has 1 amide bonds. The van der Waals surface area contributed by atoms with Gasteiger partial charge in [0.15, 0.2) is 0 Å². The summed E-state index contributed by atoms with van der Waals surface area (Å²) in [6.07, 6.45) is -4.73. The molecule has 5 N–H and O–H groups in total. The Morgan fingerprint density at radius 2 is 1.72 bits per heavy atom. The molecular formula is C11H13F3N2O2. The largest absolute Gasteiger partial charge is 0.508 e. The summed E-state index contributed by atoms with van der Waals surface area (Å²) in [5, 5.41) is 9.05. The Bertz CT molecular complexity index is 441. The second-order valence-electron chi connectivity index (χ2n) is 4.21. The van der Waals surface area contributed by atoms with Gasteiger partial charge in [0, 0.05) is 0 Å². The molecule has 1 aromatic rings. The number of hydrogen-bond donors (Lipinski definition) is 3. The number of halogens is 3. The Morgan fingerprint density at radius 1 is 1.28 bits per heavy atom. The first kappa shape index (κ1) is 14.3. The fourth-order valence-corrected chi connectivity index (χ4v) is 1.68. The van der Waals surface area contributed by atoms with Gasteiger partial charge in [0.25, 0.3) is 0 Å². The maximum atomic E-state index is 13.0. The first-order chi connectivity index (χ1) is 8.06. The van der Waals surface area contributed by atoms with Crippen molar-refractivity contribution < 1.29 is 23.1 Å².